The molecule has 0 aliphatic rings. The van der Waals surface area contributed by atoms with E-state index in [4.69, 9.17) is 0 Å². The summed E-state index contributed by atoms with van der Waals surface area (Å²) in [6.45, 7) is 4.57. The topological polar surface area (TPSA) is 15.8 Å². The summed E-state index contributed by atoms with van der Waals surface area (Å²) >= 11 is 0. The van der Waals surface area contributed by atoms with E-state index in [1.54, 1.807) is 0 Å². The molecule has 0 unspecified atom stereocenters. The molecule has 1 heteroatoms. The van der Waals surface area contributed by atoms with Gasteiger partial charge in [-0.3, -0.25) is 0 Å². The van der Waals surface area contributed by atoms with Gasteiger partial charge >= 0.3 is 0 Å². The van der Waals surface area contributed by atoms with E-state index in [0.717, 1.165) is 12.3 Å². The van der Waals surface area contributed by atoms with Gasteiger partial charge in [-0.1, -0.05) is 50.2 Å². The molecule has 0 aliphatic heterocycles. The number of benzene rings is 2. The lowest BCUT2D eigenvalue weighted by Gasteiger charge is -2.05. The second-order valence-corrected chi connectivity index (χ2v) is 5.44. The minimum absolute atomic E-state index is 0.754. The molecule has 1 N–H and O–H groups in total. The summed E-state index contributed by atoms with van der Waals surface area (Å²) in [5, 5.41) is 2.69. The van der Waals surface area contributed by atoms with E-state index in [1.165, 1.54) is 33.8 Å². The summed E-state index contributed by atoms with van der Waals surface area (Å²) in [6.07, 6.45) is 2.40. The lowest BCUT2D eigenvalue weighted by Crippen LogP contribution is -1.92. The van der Waals surface area contributed by atoms with Crippen LogP contribution in [0.4, 0.5) is 0 Å². The van der Waals surface area contributed by atoms with Crippen molar-refractivity contribution in [2.24, 2.45) is 5.92 Å². The Hall–Kier alpha value is -1.76. The second kappa shape index (κ2) is 4.49. The molecule has 0 atom stereocenters. The summed E-state index contributed by atoms with van der Waals surface area (Å²) in [6, 6.07) is 15.2. The number of rotatable bonds is 3. The van der Waals surface area contributed by atoms with Gasteiger partial charge in [0, 0.05) is 21.8 Å². The molecule has 0 fully saturated rings. The van der Waals surface area contributed by atoms with Crippen LogP contribution in [0.15, 0.2) is 42.5 Å². The number of H-pyrrole nitrogens is 1. The zero-order valence-electron chi connectivity index (χ0n) is 11.0. The third-order valence-corrected chi connectivity index (χ3v) is 3.62. The first-order valence-corrected chi connectivity index (χ1v) is 6.74. The highest BCUT2D eigenvalue weighted by molar-refractivity contribution is 6.08. The number of aromatic amines is 1. The average molecular weight is 237 g/mol. The summed E-state index contributed by atoms with van der Waals surface area (Å²) in [7, 11) is 0. The van der Waals surface area contributed by atoms with Gasteiger partial charge in [0.1, 0.15) is 0 Å². The molecule has 0 aliphatic carbocycles. The number of hydrogen-bond acceptors (Lipinski definition) is 0. The molecule has 3 aromatic rings. The number of fused-ring (bicyclic) bond motifs is 3. The van der Waals surface area contributed by atoms with Crippen molar-refractivity contribution in [2.45, 2.75) is 26.7 Å². The Bertz CT molecular complexity index is 676. The van der Waals surface area contributed by atoms with Gasteiger partial charge < -0.3 is 4.98 Å². The Kier molecular flexibility index (Phi) is 2.83. The van der Waals surface area contributed by atoms with Crippen molar-refractivity contribution < 1.29 is 0 Å². The van der Waals surface area contributed by atoms with Crippen molar-refractivity contribution in [3.63, 3.8) is 0 Å². The van der Waals surface area contributed by atoms with Gasteiger partial charge in [-0.15, -0.1) is 0 Å². The molecule has 0 radical (unpaired) electrons. The van der Waals surface area contributed by atoms with Crippen molar-refractivity contribution in [2.75, 3.05) is 0 Å². The smallest absolute Gasteiger partial charge is 0.0497 e. The van der Waals surface area contributed by atoms with Crippen LogP contribution in [0.1, 0.15) is 25.8 Å². The molecule has 0 bridgehead atoms. The Morgan fingerprint density at radius 1 is 0.944 bits per heavy atom. The van der Waals surface area contributed by atoms with E-state index in [-0.39, 0.29) is 0 Å². The van der Waals surface area contributed by atoms with E-state index < -0.39 is 0 Å². The first-order valence-electron chi connectivity index (χ1n) is 6.74. The summed E-state index contributed by atoms with van der Waals surface area (Å²) in [5.41, 5.74) is 4.00. The van der Waals surface area contributed by atoms with Gasteiger partial charge in [0.25, 0.3) is 0 Å². The Morgan fingerprint density at radius 3 is 2.56 bits per heavy atom. The standard InChI is InChI=1S/C17H19N/c1-12(2)10-11-13-6-5-8-15-14-7-3-4-9-16(14)18-17(13)15/h3-9,12,18H,10-11H2,1-2H3. The Morgan fingerprint density at radius 2 is 1.72 bits per heavy atom. The molecule has 1 aromatic heterocycles. The lowest BCUT2D eigenvalue weighted by molar-refractivity contribution is 0.588. The van der Waals surface area contributed by atoms with Gasteiger partial charge in [-0.2, -0.15) is 0 Å². The van der Waals surface area contributed by atoms with Crippen molar-refractivity contribution in [1.82, 2.24) is 4.98 Å². The monoisotopic (exact) mass is 237 g/mol. The van der Waals surface area contributed by atoms with Crippen LogP contribution >= 0.6 is 0 Å². The predicted octanol–water partition coefficient (Wildman–Crippen LogP) is 4.91. The van der Waals surface area contributed by atoms with Crippen molar-refractivity contribution in [1.29, 1.82) is 0 Å². The SMILES string of the molecule is CC(C)CCc1cccc2c1[nH]c1ccccc12. The highest BCUT2D eigenvalue weighted by atomic mass is 14.7. The predicted molar refractivity (Wildman–Crippen MR) is 79.0 cm³/mol. The van der Waals surface area contributed by atoms with Gasteiger partial charge in [0.05, 0.1) is 0 Å². The molecule has 0 spiro atoms. The number of aromatic nitrogens is 1. The van der Waals surface area contributed by atoms with Crippen molar-refractivity contribution in [3.05, 3.63) is 48.0 Å². The fraction of sp³-hybridized carbons (Fsp3) is 0.294. The molecule has 92 valence electrons. The molecule has 1 nitrogen and oxygen atoms in total. The third kappa shape index (κ3) is 1.90. The van der Waals surface area contributed by atoms with Gasteiger partial charge in [0.15, 0.2) is 0 Å². The number of para-hydroxylation sites is 2. The summed E-state index contributed by atoms with van der Waals surface area (Å²) in [5.74, 6) is 0.754. The first kappa shape index (κ1) is 11.3. The van der Waals surface area contributed by atoms with Crippen molar-refractivity contribution >= 4 is 21.8 Å². The molecule has 0 saturated carbocycles. The van der Waals surface area contributed by atoms with Crippen LogP contribution in [-0.2, 0) is 6.42 Å². The fourth-order valence-corrected chi connectivity index (χ4v) is 2.59. The second-order valence-electron chi connectivity index (χ2n) is 5.44. The quantitative estimate of drug-likeness (QED) is 0.666. The highest BCUT2D eigenvalue weighted by Crippen LogP contribution is 2.28. The van der Waals surface area contributed by atoms with Gasteiger partial charge in [-0.25, -0.2) is 0 Å². The average Bonchev–Trinajstić information content (AvgIpc) is 2.75. The van der Waals surface area contributed by atoms with E-state index in [2.05, 4.69) is 61.3 Å². The minimum Gasteiger partial charge on any atom is -0.354 e. The molecule has 1 heterocycles. The molecule has 0 saturated heterocycles. The maximum absolute atomic E-state index is 3.57. The normalized spacial score (nSPS) is 11.7. The zero-order chi connectivity index (χ0) is 12.5. The molecule has 0 amide bonds. The molecular weight excluding hydrogens is 218 g/mol. The maximum Gasteiger partial charge on any atom is 0.0497 e. The fourth-order valence-electron chi connectivity index (χ4n) is 2.59. The maximum atomic E-state index is 3.57. The minimum atomic E-state index is 0.754. The van der Waals surface area contributed by atoms with Crippen LogP contribution in [0.5, 0.6) is 0 Å². The van der Waals surface area contributed by atoms with Crippen LogP contribution in [0.25, 0.3) is 21.8 Å². The molecular formula is C17H19N. The first-order chi connectivity index (χ1) is 8.75. The van der Waals surface area contributed by atoms with Crippen LogP contribution in [0.3, 0.4) is 0 Å². The van der Waals surface area contributed by atoms with Gasteiger partial charge in [-0.05, 0) is 30.4 Å². The van der Waals surface area contributed by atoms with E-state index in [0.29, 0.717) is 0 Å². The molecule has 2 aromatic carbocycles. The Balaban J connectivity index is 2.15. The van der Waals surface area contributed by atoms with Gasteiger partial charge in [0.2, 0.25) is 0 Å². The van der Waals surface area contributed by atoms with Crippen LogP contribution in [0.2, 0.25) is 0 Å². The summed E-state index contributed by atoms with van der Waals surface area (Å²) < 4.78 is 0. The van der Waals surface area contributed by atoms with Crippen molar-refractivity contribution in [3.8, 4) is 0 Å². The number of nitrogens with one attached hydrogen (secondary N) is 1. The van der Waals surface area contributed by atoms with Crippen LogP contribution in [0, 0.1) is 5.92 Å². The largest absolute Gasteiger partial charge is 0.354 e. The Labute approximate surface area is 108 Å². The number of aryl methyl sites for hydroxylation is 1. The van der Waals surface area contributed by atoms with E-state index >= 15 is 0 Å². The van der Waals surface area contributed by atoms with E-state index in [1.807, 2.05) is 0 Å². The lowest BCUT2D eigenvalue weighted by atomic mass is 10.0. The molecule has 3 rings (SSSR count). The number of hydrogen-bond donors (Lipinski definition) is 1. The zero-order valence-corrected chi connectivity index (χ0v) is 11.0. The van der Waals surface area contributed by atoms with E-state index in [9.17, 15) is 0 Å². The molecule has 18 heavy (non-hydrogen) atoms. The highest BCUT2D eigenvalue weighted by Gasteiger charge is 2.07. The van der Waals surface area contributed by atoms with Crippen LogP contribution in [-0.4, -0.2) is 4.98 Å². The van der Waals surface area contributed by atoms with Crippen LogP contribution < -0.4 is 0 Å². The summed E-state index contributed by atoms with van der Waals surface area (Å²) in [4.78, 5) is 3.57. The third-order valence-electron chi connectivity index (χ3n) is 3.62.